The predicted molar refractivity (Wildman–Crippen MR) is 95.2 cm³/mol. The minimum atomic E-state index is -0.521. The maximum atomic E-state index is 11.7. The third kappa shape index (κ3) is 9.45. The van der Waals surface area contributed by atoms with Crippen molar-refractivity contribution in [2.45, 2.75) is 96.9 Å². The largest absolute Gasteiger partial charge is 0.468 e. The number of carbonyl (C=O) groups is 1. The monoisotopic (exact) mass is 313 g/mol. The maximum Gasteiger partial charge on any atom is 0.325 e. The summed E-state index contributed by atoms with van der Waals surface area (Å²) in [4.78, 5) is 13.8. The molecule has 0 aliphatic rings. The quantitative estimate of drug-likeness (QED) is 0.327. The van der Waals surface area contributed by atoms with Crippen LogP contribution in [0.15, 0.2) is 0 Å². The Balaban J connectivity index is 3.48. The Morgan fingerprint density at radius 3 is 1.68 bits per heavy atom. The number of likely N-dealkylation sites (N-methyl/N-ethyl adjacent to an activating group) is 1. The Morgan fingerprint density at radius 1 is 0.864 bits per heavy atom. The molecule has 0 saturated carbocycles. The summed E-state index contributed by atoms with van der Waals surface area (Å²) in [6.07, 6.45) is 14.9. The summed E-state index contributed by atoms with van der Waals surface area (Å²) in [6.45, 7) is 7.08. The van der Waals surface area contributed by atoms with Gasteiger partial charge < -0.3 is 4.74 Å². The highest BCUT2D eigenvalue weighted by atomic mass is 16.5. The Labute approximate surface area is 138 Å². The molecular formula is C19H39NO2. The SMILES string of the molecule is CCCCCCCCCCCCCN(C)C(C)(C)C(=O)OC. The smallest absolute Gasteiger partial charge is 0.325 e. The summed E-state index contributed by atoms with van der Waals surface area (Å²) in [6, 6.07) is 0. The molecule has 3 heteroatoms. The van der Waals surface area contributed by atoms with Gasteiger partial charge in [0.15, 0.2) is 0 Å². The van der Waals surface area contributed by atoms with E-state index in [0.29, 0.717) is 0 Å². The van der Waals surface area contributed by atoms with Gasteiger partial charge in [-0.3, -0.25) is 9.69 Å². The molecule has 0 rings (SSSR count). The maximum absolute atomic E-state index is 11.7. The second kappa shape index (κ2) is 12.9. The molecule has 3 nitrogen and oxygen atoms in total. The number of hydrogen-bond acceptors (Lipinski definition) is 3. The van der Waals surface area contributed by atoms with E-state index in [1.807, 2.05) is 20.9 Å². The molecule has 0 spiro atoms. The molecule has 132 valence electrons. The van der Waals surface area contributed by atoms with Crippen molar-refractivity contribution in [3.63, 3.8) is 0 Å². The van der Waals surface area contributed by atoms with Crippen LogP contribution in [0.1, 0.15) is 91.4 Å². The molecule has 0 amide bonds. The molecule has 0 aromatic heterocycles. The first kappa shape index (κ1) is 21.4. The Bertz CT molecular complexity index is 277. The van der Waals surface area contributed by atoms with E-state index in [-0.39, 0.29) is 5.97 Å². The van der Waals surface area contributed by atoms with Gasteiger partial charge in [-0.1, -0.05) is 71.1 Å². The Kier molecular flexibility index (Phi) is 12.6. The zero-order valence-electron chi connectivity index (χ0n) is 15.7. The average Bonchev–Trinajstić information content (AvgIpc) is 2.51. The van der Waals surface area contributed by atoms with Crippen molar-refractivity contribution in [1.82, 2.24) is 4.90 Å². The van der Waals surface area contributed by atoms with Gasteiger partial charge in [0, 0.05) is 0 Å². The minimum absolute atomic E-state index is 0.155. The Morgan fingerprint density at radius 2 is 1.27 bits per heavy atom. The van der Waals surface area contributed by atoms with Crippen LogP contribution >= 0.6 is 0 Å². The van der Waals surface area contributed by atoms with Gasteiger partial charge >= 0.3 is 5.97 Å². The van der Waals surface area contributed by atoms with Crippen LogP contribution in [-0.4, -0.2) is 37.1 Å². The molecule has 0 fully saturated rings. The first-order chi connectivity index (χ1) is 10.5. The highest BCUT2D eigenvalue weighted by Gasteiger charge is 2.32. The number of unbranched alkanes of at least 4 members (excludes halogenated alkanes) is 10. The van der Waals surface area contributed by atoms with Crippen molar-refractivity contribution in [3.05, 3.63) is 0 Å². The zero-order valence-corrected chi connectivity index (χ0v) is 15.7. The molecule has 0 saturated heterocycles. The lowest BCUT2D eigenvalue weighted by Gasteiger charge is -2.32. The second-order valence-electron chi connectivity index (χ2n) is 7.01. The minimum Gasteiger partial charge on any atom is -0.468 e. The fourth-order valence-electron chi connectivity index (χ4n) is 2.70. The summed E-state index contributed by atoms with van der Waals surface area (Å²) in [5.74, 6) is -0.155. The van der Waals surface area contributed by atoms with E-state index in [1.54, 1.807) is 0 Å². The van der Waals surface area contributed by atoms with Crippen LogP contribution in [0.2, 0.25) is 0 Å². The van der Waals surface area contributed by atoms with Gasteiger partial charge in [-0.25, -0.2) is 0 Å². The van der Waals surface area contributed by atoms with Crippen LogP contribution in [0.4, 0.5) is 0 Å². The number of methoxy groups -OCH3 is 1. The van der Waals surface area contributed by atoms with Crippen molar-refractivity contribution in [2.24, 2.45) is 0 Å². The lowest BCUT2D eigenvalue weighted by molar-refractivity contribution is -0.152. The number of nitrogens with zero attached hydrogens (tertiary/aromatic N) is 1. The fourth-order valence-corrected chi connectivity index (χ4v) is 2.70. The third-order valence-corrected chi connectivity index (χ3v) is 4.74. The van der Waals surface area contributed by atoms with Gasteiger partial charge in [-0.2, -0.15) is 0 Å². The first-order valence-electron chi connectivity index (χ1n) is 9.26. The number of esters is 1. The van der Waals surface area contributed by atoms with Gasteiger partial charge in [0.05, 0.1) is 7.11 Å². The van der Waals surface area contributed by atoms with E-state index in [1.165, 1.54) is 71.3 Å². The van der Waals surface area contributed by atoms with E-state index >= 15 is 0 Å². The summed E-state index contributed by atoms with van der Waals surface area (Å²) in [5, 5.41) is 0. The van der Waals surface area contributed by atoms with Crippen molar-refractivity contribution < 1.29 is 9.53 Å². The molecule has 0 aliphatic heterocycles. The molecule has 0 aromatic rings. The van der Waals surface area contributed by atoms with Crippen LogP contribution in [0.5, 0.6) is 0 Å². The van der Waals surface area contributed by atoms with E-state index < -0.39 is 5.54 Å². The lowest BCUT2D eigenvalue weighted by atomic mass is 10.0. The zero-order chi connectivity index (χ0) is 16.8. The van der Waals surface area contributed by atoms with Crippen LogP contribution in [0.3, 0.4) is 0 Å². The van der Waals surface area contributed by atoms with Crippen LogP contribution in [-0.2, 0) is 9.53 Å². The summed E-state index contributed by atoms with van der Waals surface area (Å²) in [7, 11) is 3.47. The van der Waals surface area contributed by atoms with Crippen molar-refractivity contribution in [1.29, 1.82) is 0 Å². The molecular weight excluding hydrogens is 274 g/mol. The fraction of sp³-hybridized carbons (Fsp3) is 0.947. The summed E-state index contributed by atoms with van der Waals surface area (Å²) >= 11 is 0. The molecule has 0 N–H and O–H groups in total. The number of ether oxygens (including phenoxy) is 1. The van der Waals surface area contributed by atoms with E-state index in [4.69, 9.17) is 4.74 Å². The highest BCUT2D eigenvalue weighted by molar-refractivity contribution is 5.79. The molecule has 0 atom stereocenters. The van der Waals surface area contributed by atoms with Gasteiger partial charge in [0.1, 0.15) is 5.54 Å². The van der Waals surface area contributed by atoms with Gasteiger partial charge in [-0.15, -0.1) is 0 Å². The van der Waals surface area contributed by atoms with Crippen molar-refractivity contribution in [3.8, 4) is 0 Å². The second-order valence-corrected chi connectivity index (χ2v) is 7.01. The van der Waals surface area contributed by atoms with Crippen LogP contribution < -0.4 is 0 Å². The van der Waals surface area contributed by atoms with Gasteiger partial charge in [0.25, 0.3) is 0 Å². The van der Waals surface area contributed by atoms with Crippen LogP contribution in [0, 0.1) is 0 Å². The highest BCUT2D eigenvalue weighted by Crippen LogP contribution is 2.16. The van der Waals surface area contributed by atoms with E-state index in [0.717, 1.165) is 13.0 Å². The number of rotatable bonds is 14. The normalized spacial score (nSPS) is 11.9. The molecule has 0 heterocycles. The van der Waals surface area contributed by atoms with Crippen molar-refractivity contribution >= 4 is 5.97 Å². The summed E-state index contributed by atoms with van der Waals surface area (Å²) < 4.78 is 4.86. The summed E-state index contributed by atoms with van der Waals surface area (Å²) in [5.41, 5.74) is -0.521. The lowest BCUT2D eigenvalue weighted by Crippen LogP contribution is -2.48. The predicted octanol–water partition coefficient (Wildman–Crippen LogP) is 5.18. The molecule has 0 bridgehead atoms. The molecule has 0 radical (unpaired) electrons. The molecule has 22 heavy (non-hydrogen) atoms. The topological polar surface area (TPSA) is 29.5 Å². The third-order valence-electron chi connectivity index (χ3n) is 4.74. The van der Waals surface area contributed by atoms with Gasteiger partial charge in [0.2, 0.25) is 0 Å². The van der Waals surface area contributed by atoms with E-state index in [9.17, 15) is 4.79 Å². The number of carbonyl (C=O) groups excluding carboxylic acids is 1. The van der Waals surface area contributed by atoms with Gasteiger partial charge in [-0.05, 0) is 33.9 Å². The Hall–Kier alpha value is -0.570. The molecule has 0 aliphatic carbocycles. The van der Waals surface area contributed by atoms with Crippen molar-refractivity contribution in [2.75, 3.05) is 20.7 Å². The molecule has 0 aromatic carbocycles. The number of hydrogen-bond donors (Lipinski definition) is 0. The average molecular weight is 314 g/mol. The van der Waals surface area contributed by atoms with Crippen LogP contribution in [0.25, 0.3) is 0 Å². The first-order valence-corrected chi connectivity index (χ1v) is 9.26. The van der Waals surface area contributed by atoms with E-state index in [2.05, 4.69) is 11.8 Å². The molecule has 0 unspecified atom stereocenters. The standard InChI is InChI=1S/C19H39NO2/c1-6-7-8-9-10-11-12-13-14-15-16-17-20(4)19(2,3)18(21)22-5/h6-17H2,1-5H3.